The number of ketones is 1. The molecule has 1 aliphatic rings. The molecule has 0 heterocycles. The third kappa shape index (κ3) is 2.10. The zero-order valence-corrected chi connectivity index (χ0v) is 12.5. The lowest BCUT2D eigenvalue weighted by molar-refractivity contribution is 0.0931. The topological polar surface area (TPSA) is 71.4 Å². The van der Waals surface area contributed by atoms with Gasteiger partial charge in [0.05, 0.1) is 0 Å². The van der Waals surface area contributed by atoms with Gasteiger partial charge in [-0.25, -0.2) is 0 Å². The van der Waals surface area contributed by atoms with Crippen molar-refractivity contribution < 1.29 is 17.8 Å². The van der Waals surface area contributed by atoms with E-state index >= 15 is 0 Å². The molecule has 0 amide bonds. The Labute approximate surface area is 128 Å². The highest BCUT2D eigenvalue weighted by molar-refractivity contribution is 7.87. The van der Waals surface area contributed by atoms with Crippen molar-refractivity contribution in [2.45, 2.75) is 11.2 Å². The third-order valence-corrected chi connectivity index (χ3v) is 5.39. The Kier molecular flexibility index (Phi) is 3.47. The van der Waals surface area contributed by atoms with Crippen molar-refractivity contribution in [1.29, 1.82) is 0 Å². The van der Waals surface area contributed by atoms with Crippen LogP contribution in [0.4, 0.5) is 0 Å². The van der Waals surface area contributed by atoms with Gasteiger partial charge in [0, 0.05) is 5.56 Å². The maximum absolute atomic E-state index is 13.0. The maximum atomic E-state index is 13.0. The number of hydrogen-bond donors (Lipinski definition) is 1. The molecule has 3 rings (SSSR count). The minimum Gasteiger partial charge on any atom is -0.292 e. The predicted molar refractivity (Wildman–Crippen MR) is 84.1 cm³/mol. The Hall–Kier alpha value is -2.24. The van der Waals surface area contributed by atoms with Crippen LogP contribution in [0.15, 0.2) is 60.7 Å². The standard InChI is InChI=1S/C17H14O4S/c18-16(14-8-2-1-3-9-14)17(22(19,20)21)12-6-10-13-7-4-5-11-15(13)17/h1-11H,12H2,(H,19,20,21). The average molecular weight is 314 g/mol. The van der Waals surface area contributed by atoms with Crippen LogP contribution >= 0.6 is 0 Å². The molecule has 0 aromatic heterocycles. The van der Waals surface area contributed by atoms with E-state index in [2.05, 4.69) is 0 Å². The van der Waals surface area contributed by atoms with Gasteiger partial charge in [0.1, 0.15) is 0 Å². The SMILES string of the molecule is O=C(c1ccccc1)C1(S(=O)(=O)O)CC=Cc2ccccc21. The summed E-state index contributed by atoms with van der Waals surface area (Å²) in [5.74, 6) is -0.618. The van der Waals surface area contributed by atoms with Crippen LogP contribution in [0.2, 0.25) is 0 Å². The van der Waals surface area contributed by atoms with Gasteiger partial charge in [0.2, 0.25) is 0 Å². The lowest BCUT2D eigenvalue weighted by atomic mass is 9.81. The van der Waals surface area contributed by atoms with Gasteiger partial charge >= 0.3 is 0 Å². The van der Waals surface area contributed by atoms with Gasteiger partial charge in [-0.2, -0.15) is 8.42 Å². The van der Waals surface area contributed by atoms with Crippen molar-refractivity contribution in [1.82, 2.24) is 0 Å². The van der Waals surface area contributed by atoms with Crippen LogP contribution in [0.25, 0.3) is 6.08 Å². The van der Waals surface area contributed by atoms with Crippen LogP contribution in [-0.4, -0.2) is 18.8 Å². The molecule has 22 heavy (non-hydrogen) atoms. The summed E-state index contributed by atoms with van der Waals surface area (Å²) in [6, 6.07) is 14.9. The van der Waals surface area contributed by atoms with Crippen LogP contribution < -0.4 is 0 Å². The van der Waals surface area contributed by atoms with Crippen molar-refractivity contribution in [3.8, 4) is 0 Å². The molecular weight excluding hydrogens is 300 g/mol. The van der Waals surface area contributed by atoms with E-state index in [0.717, 1.165) is 0 Å². The quantitative estimate of drug-likeness (QED) is 0.698. The molecule has 0 fully saturated rings. The smallest absolute Gasteiger partial charge is 0.282 e. The second-order valence-electron chi connectivity index (χ2n) is 5.19. The molecule has 0 saturated heterocycles. The molecule has 2 aromatic carbocycles. The Morgan fingerprint density at radius 2 is 1.64 bits per heavy atom. The predicted octanol–water partition coefficient (Wildman–Crippen LogP) is 3.07. The zero-order chi connectivity index (χ0) is 15.8. The fourth-order valence-electron chi connectivity index (χ4n) is 2.87. The summed E-state index contributed by atoms with van der Waals surface area (Å²) in [5, 5.41) is 0. The van der Waals surface area contributed by atoms with Gasteiger partial charge in [-0.15, -0.1) is 0 Å². The van der Waals surface area contributed by atoms with Crippen LogP contribution in [0.1, 0.15) is 27.9 Å². The molecule has 0 radical (unpaired) electrons. The Morgan fingerprint density at radius 3 is 2.32 bits per heavy atom. The summed E-state index contributed by atoms with van der Waals surface area (Å²) in [7, 11) is -4.65. The molecule has 1 atom stereocenters. The van der Waals surface area contributed by atoms with Crippen LogP contribution in [0, 0.1) is 0 Å². The number of allylic oxidation sites excluding steroid dienone is 1. The minimum atomic E-state index is -4.65. The van der Waals surface area contributed by atoms with E-state index in [1.54, 1.807) is 66.7 Å². The van der Waals surface area contributed by atoms with Crippen molar-refractivity contribution in [3.05, 3.63) is 77.4 Å². The van der Waals surface area contributed by atoms with Gasteiger partial charge in [-0.05, 0) is 17.5 Å². The summed E-state index contributed by atoms with van der Waals surface area (Å²) >= 11 is 0. The maximum Gasteiger partial charge on any atom is 0.282 e. The van der Waals surface area contributed by atoms with Gasteiger partial charge in [-0.1, -0.05) is 66.7 Å². The van der Waals surface area contributed by atoms with Crippen LogP contribution in [0.5, 0.6) is 0 Å². The molecule has 1 unspecified atom stereocenters. The van der Waals surface area contributed by atoms with Gasteiger partial charge < -0.3 is 0 Å². The van der Waals surface area contributed by atoms with Crippen molar-refractivity contribution in [2.75, 3.05) is 0 Å². The normalized spacial score (nSPS) is 20.4. The van der Waals surface area contributed by atoms with E-state index < -0.39 is 20.6 Å². The largest absolute Gasteiger partial charge is 0.292 e. The second-order valence-corrected chi connectivity index (χ2v) is 6.84. The van der Waals surface area contributed by atoms with E-state index in [1.807, 2.05) is 0 Å². The number of rotatable bonds is 3. The van der Waals surface area contributed by atoms with Gasteiger partial charge in [0.15, 0.2) is 10.5 Å². The summed E-state index contributed by atoms with van der Waals surface area (Å²) in [6.45, 7) is 0. The van der Waals surface area contributed by atoms with E-state index in [-0.39, 0.29) is 12.0 Å². The molecule has 0 bridgehead atoms. The summed E-state index contributed by atoms with van der Waals surface area (Å²) < 4.78 is 32.3. The summed E-state index contributed by atoms with van der Waals surface area (Å²) in [5.41, 5.74) is 1.19. The molecule has 5 heteroatoms. The average Bonchev–Trinajstić information content (AvgIpc) is 2.53. The molecule has 1 N–H and O–H groups in total. The van der Waals surface area contributed by atoms with Crippen LogP contribution in [-0.2, 0) is 14.9 Å². The molecule has 0 spiro atoms. The molecule has 0 aliphatic heterocycles. The highest BCUT2D eigenvalue weighted by atomic mass is 32.2. The first-order valence-electron chi connectivity index (χ1n) is 6.80. The van der Waals surface area contributed by atoms with Crippen molar-refractivity contribution in [3.63, 3.8) is 0 Å². The van der Waals surface area contributed by atoms with Gasteiger partial charge in [-0.3, -0.25) is 9.35 Å². The lowest BCUT2D eigenvalue weighted by Gasteiger charge is -2.32. The Morgan fingerprint density at radius 1 is 1.00 bits per heavy atom. The number of carbonyl (C=O) groups excluding carboxylic acids is 1. The zero-order valence-electron chi connectivity index (χ0n) is 11.6. The Bertz CT molecular complexity index is 853. The molecule has 2 aromatic rings. The highest BCUT2D eigenvalue weighted by Gasteiger charge is 2.52. The highest BCUT2D eigenvalue weighted by Crippen LogP contribution is 2.42. The summed E-state index contributed by atoms with van der Waals surface area (Å²) in [6.07, 6.45) is 3.28. The fourth-order valence-corrected chi connectivity index (χ4v) is 3.99. The molecular formula is C17H14O4S. The number of benzene rings is 2. The van der Waals surface area contributed by atoms with Crippen LogP contribution in [0.3, 0.4) is 0 Å². The van der Waals surface area contributed by atoms with E-state index in [0.29, 0.717) is 11.1 Å². The van der Waals surface area contributed by atoms with Crippen molar-refractivity contribution >= 4 is 22.0 Å². The molecule has 112 valence electrons. The first kappa shape index (κ1) is 14.7. The second kappa shape index (κ2) is 5.19. The number of Topliss-reactive ketones (excluding diaryl/α,β-unsaturated/α-hetero) is 1. The van der Waals surface area contributed by atoms with E-state index in [1.165, 1.54) is 0 Å². The lowest BCUT2D eigenvalue weighted by Crippen LogP contribution is -2.44. The minimum absolute atomic E-state index is 0.0867. The monoisotopic (exact) mass is 314 g/mol. The fraction of sp³-hybridized carbons (Fsp3) is 0.118. The Balaban J connectivity index is 2.30. The van der Waals surface area contributed by atoms with E-state index in [9.17, 15) is 17.8 Å². The first-order valence-corrected chi connectivity index (χ1v) is 8.24. The molecule has 4 nitrogen and oxygen atoms in total. The van der Waals surface area contributed by atoms with Crippen molar-refractivity contribution in [2.24, 2.45) is 0 Å². The number of fused-ring (bicyclic) bond motifs is 1. The third-order valence-electron chi connectivity index (χ3n) is 3.94. The summed E-state index contributed by atoms with van der Waals surface area (Å²) in [4.78, 5) is 13.0. The number of hydrogen-bond acceptors (Lipinski definition) is 3. The first-order chi connectivity index (χ1) is 10.5. The molecule has 0 saturated carbocycles. The number of carbonyl (C=O) groups is 1. The molecule has 1 aliphatic carbocycles. The van der Waals surface area contributed by atoms with Gasteiger partial charge in [0.25, 0.3) is 10.1 Å². The van der Waals surface area contributed by atoms with E-state index in [4.69, 9.17) is 0 Å².